The lowest BCUT2D eigenvalue weighted by Gasteiger charge is -2.26. The summed E-state index contributed by atoms with van der Waals surface area (Å²) in [6.07, 6.45) is 8.34. The molecule has 0 N–H and O–H groups in total. The Bertz CT molecular complexity index is 218. The summed E-state index contributed by atoms with van der Waals surface area (Å²) in [5.74, 6) is 0. The standard InChI is InChI=1S/C11H18BrN/c1-3-4-5-8-13-9-6-7-10(2)11(13)12/h6-7H,3-5,8-9H2,1-2H3. The Morgan fingerprint density at radius 2 is 2.23 bits per heavy atom. The van der Waals surface area contributed by atoms with Gasteiger partial charge in [0.2, 0.25) is 0 Å². The molecule has 74 valence electrons. The largest absolute Gasteiger partial charge is 0.362 e. The van der Waals surface area contributed by atoms with Crippen molar-refractivity contribution in [3.05, 3.63) is 22.3 Å². The first kappa shape index (κ1) is 10.8. The van der Waals surface area contributed by atoms with Gasteiger partial charge < -0.3 is 4.90 Å². The maximum absolute atomic E-state index is 3.63. The first-order chi connectivity index (χ1) is 6.25. The van der Waals surface area contributed by atoms with E-state index >= 15 is 0 Å². The molecule has 0 unspecified atom stereocenters. The van der Waals surface area contributed by atoms with Crippen molar-refractivity contribution in [3.63, 3.8) is 0 Å². The molecular weight excluding hydrogens is 226 g/mol. The first-order valence-electron chi connectivity index (χ1n) is 5.03. The van der Waals surface area contributed by atoms with E-state index in [0.29, 0.717) is 0 Å². The summed E-state index contributed by atoms with van der Waals surface area (Å²) in [7, 11) is 0. The van der Waals surface area contributed by atoms with Crippen molar-refractivity contribution < 1.29 is 0 Å². The van der Waals surface area contributed by atoms with Crippen LogP contribution in [0.5, 0.6) is 0 Å². The summed E-state index contributed by atoms with van der Waals surface area (Å²) in [5.41, 5.74) is 1.34. The topological polar surface area (TPSA) is 3.24 Å². The summed E-state index contributed by atoms with van der Waals surface area (Å²) in [4.78, 5) is 2.39. The number of hydrogen-bond donors (Lipinski definition) is 0. The molecule has 0 atom stereocenters. The van der Waals surface area contributed by atoms with Gasteiger partial charge in [-0.05, 0) is 34.8 Å². The van der Waals surface area contributed by atoms with E-state index in [1.165, 1.54) is 36.0 Å². The van der Waals surface area contributed by atoms with Gasteiger partial charge in [-0.3, -0.25) is 0 Å². The Morgan fingerprint density at radius 1 is 1.46 bits per heavy atom. The molecule has 2 heteroatoms. The van der Waals surface area contributed by atoms with Crippen LogP contribution in [0.2, 0.25) is 0 Å². The van der Waals surface area contributed by atoms with Crippen LogP contribution in [-0.4, -0.2) is 18.0 Å². The second kappa shape index (κ2) is 5.48. The minimum atomic E-state index is 1.06. The van der Waals surface area contributed by atoms with Crippen molar-refractivity contribution in [2.45, 2.75) is 33.1 Å². The van der Waals surface area contributed by atoms with Crippen LogP contribution < -0.4 is 0 Å². The molecule has 1 rings (SSSR count). The molecule has 1 aliphatic heterocycles. The van der Waals surface area contributed by atoms with E-state index in [1.54, 1.807) is 0 Å². The second-order valence-corrected chi connectivity index (χ2v) is 4.28. The zero-order chi connectivity index (χ0) is 9.68. The molecule has 0 aromatic rings. The van der Waals surface area contributed by atoms with Crippen LogP contribution in [0, 0.1) is 0 Å². The average molecular weight is 244 g/mol. The number of rotatable bonds is 4. The van der Waals surface area contributed by atoms with Gasteiger partial charge in [-0.2, -0.15) is 0 Å². The second-order valence-electron chi connectivity index (χ2n) is 3.53. The van der Waals surface area contributed by atoms with Gasteiger partial charge in [0.15, 0.2) is 0 Å². The number of nitrogens with zero attached hydrogens (tertiary/aromatic N) is 1. The van der Waals surface area contributed by atoms with Crippen LogP contribution in [-0.2, 0) is 0 Å². The molecule has 0 saturated carbocycles. The number of halogens is 1. The minimum absolute atomic E-state index is 1.06. The van der Waals surface area contributed by atoms with E-state index in [1.807, 2.05) is 0 Å². The third kappa shape index (κ3) is 3.18. The maximum atomic E-state index is 3.63. The number of allylic oxidation sites excluding steroid dienone is 2. The van der Waals surface area contributed by atoms with Crippen LogP contribution in [0.25, 0.3) is 0 Å². The minimum Gasteiger partial charge on any atom is -0.362 e. The predicted octanol–water partition coefficient (Wildman–Crippen LogP) is 3.67. The monoisotopic (exact) mass is 243 g/mol. The molecule has 13 heavy (non-hydrogen) atoms. The highest BCUT2D eigenvalue weighted by Gasteiger charge is 2.10. The van der Waals surface area contributed by atoms with Crippen molar-refractivity contribution in [2.24, 2.45) is 0 Å². The predicted molar refractivity (Wildman–Crippen MR) is 61.9 cm³/mol. The Balaban J connectivity index is 2.39. The fourth-order valence-electron chi connectivity index (χ4n) is 1.50. The van der Waals surface area contributed by atoms with Gasteiger partial charge in [-0.25, -0.2) is 0 Å². The highest BCUT2D eigenvalue weighted by Crippen LogP contribution is 2.22. The summed E-state index contributed by atoms with van der Waals surface area (Å²) >= 11 is 3.63. The van der Waals surface area contributed by atoms with E-state index in [0.717, 1.165) is 6.54 Å². The average Bonchev–Trinajstić information content (AvgIpc) is 2.13. The van der Waals surface area contributed by atoms with Crippen molar-refractivity contribution in [2.75, 3.05) is 13.1 Å². The maximum Gasteiger partial charge on any atom is 0.0838 e. The molecule has 1 aliphatic rings. The lowest BCUT2D eigenvalue weighted by Crippen LogP contribution is -2.24. The zero-order valence-corrected chi connectivity index (χ0v) is 10.1. The fraction of sp³-hybridized carbons (Fsp3) is 0.636. The highest BCUT2D eigenvalue weighted by atomic mass is 79.9. The van der Waals surface area contributed by atoms with E-state index < -0.39 is 0 Å². The van der Waals surface area contributed by atoms with E-state index in [-0.39, 0.29) is 0 Å². The molecule has 0 aromatic heterocycles. The Kier molecular flexibility index (Phi) is 4.57. The molecule has 0 aliphatic carbocycles. The lowest BCUT2D eigenvalue weighted by atomic mass is 10.2. The lowest BCUT2D eigenvalue weighted by molar-refractivity contribution is 0.386. The third-order valence-electron chi connectivity index (χ3n) is 2.33. The van der Waals surface area contributed by atoms with Crippen molar-refractivity contribution in [1.82, 2.24) is 4.90 Å². The highest BCUT2D eigenvalue weighted by molar-refractivity contribution is 9.11. The molecule has 1 nitrogen and oxygen atoms in total. The number of unbranched alkanes of at least 4 members (excludes halogenated alkanes) is 2. The van der Waals surface area contributed by atoms with E-state index in [2.05, 4.69) is 46.8 Å². The van der Waals surface area contributed by atoms with Crippen molar-refractivity contribution >= 4 is 15.9 Å². The van der Waals surface area contributed by atoms with Crippen molar-refractivity contribution in [1.29, 1.82) is 0 Å². The molecule has 0 spiro atoms. The molecule has 0 saturated heterocycles. The summed E-state index contributed by atoms with van der Waals surface area (Å²) in [6, 6.07) is 0. The summed E-state index contributed by atoms with van der Waals surface area (Å²) < 4.78 is 1.27. The number of hydrogen-bond acceptors (Lipinski definition) is 1. The van der Waals surface area contributed by atoms with Crippen LogP contribution in [0.15, 0.2) is 22.3 Å². The molecular formula is C11H18BrN. The van der Waals surface area contributed by atoms with Crippen LogP contribution in [0.1, 0.15) is 33.1 Å². The Morgan fingerprint density at radius 3 is 2.92 bits per heavy atom. The zero-order valence-electron chi connectivity index (χ0n) is 8.52. The van der Waals surface area contributed by atoms with Gasteiger partial charge in [0.05, 0.1) is 4.61 Å². The first-order valence-corrected chi connectivity index (χ1v) is 5.83. The van der Waals surface area contributed by atoms with Gasteiger partial charge >= 0.3 is 0 Å². The third-order valence-corrected chi connectivity index (χ3v) is 3.46. The summed E-state index contributed by atoms with van der Waals surface area (Å²) in [5, 5.41) is 0. The molecule has 0 bridgehead atoms. The van der Waals surface area contributed by atoms with Crippen LogP contribution in [0.4, 0.5) is 0 Å². The molecule has 0 radical (unpaired) electrons. The van der Waals surface area contributed by atoms with Gasteiger partial charge in [-0.1, -0.05) is 31.9 Å². The quantitative estimate of drug-likeness (QED) is 0.538. The Labute approximate surface area is 89.6 Å². The normalized spacial score (nSPS) is 17.0. The molecule has 1 heterocycles. The van der Waals surface area contributed by atoms with E-state index in [9.17, 15) is 0 Å². The molecule has 0 aromatic carbocycles. The van der Waals surface area contributed by atoms with Crippen molar-refractivity contribution in [3.8, 4) is 0 Å². The smallest absolute Gasteiger partial charge is 0.0838 e. The SMILES string of the molecule is CCCCCN1CC=CC(C)=C1Br. The van der Waals surface area contributed by atoms with Gasteiger partial charge in [0.1, 0.15) is 0 Å². The van der Waals surface area contributed by atoms with Crippen LogP contribution >= 0.6 is 15.9 Å². The Hall–Kier alpha value is -0.240. The molecule has 0 amide bonds. The molecule has 0 fully saturated rings. The van der Waals surface area contributed by atoms with Gasteiger partial charge in [0.25, 0.3) is 0 Å². The van der Waals surface area contributed by atoms with Gasteiger partial charge in [-0.15, -0.1) is 0 Å². The van der Waals surface area contributed by atoms with E-state index in [4.69, 9.17) is 0 Å². The fourth-order valence-corrected chi connectivity index (χ4v) is 1.95. The van der Waals surface area contributed by atoms with Crippen LogP contribution in [0.3, 0.4) is 0 Å². The van der Waals surface area contributed by atoms with Gasteiger partial charge in [0, 0.05) is 13.1 Å². The summed E-state index contributed by atoms with van der Waals surface area (Å²) in [6.45, 7) is 6.62.